The van der Waals surface area contributed by atoms with Crippen molar-refractivity contribution in [2.75, 3.05) is 14.1 Å². The number of halogens is 1. The van der Waals surface area contributed by atoms with Gasteiger partial charge in [-0.15, -0.1) is 12.4 Å². The van der Waals surface area contributed by atoms with Crippen LogP contribution in [-0.2, 0) is 0 Å². The highest BCUT2D eigenvalue weighted by atomic mass is 35.5. The third kappa shape index (κ3) is 3.65. The van der Waals surface area contributed by atoms with Crippen molar-refractivity contribution in [3.05, 3.63) is 47.0 Å². The number of benzene rings is 1. The second-order valence-electron chi connectivity index (χ2n) is 6.71. The average Bonchev–Trinajstić information content (AvgIpc) is 2.63. The summed E-state index contributed by atoms with van der Waals surface area (Å²) in [4.78, 5) is 2.35. The topological polar surface area (TPSA) is 3.24 Å². The van der Waals surface area contributed by atoms with Crippen LogP contribution in [0.1, 0.15) is 51.6 Å². The van der Waals surface area contributed by atoms with Gasteiger partial charge in [-0.05, 0) is 51.3 Å². The molecular formula is C18H28ClN. The second kappa shape index (κ2) is 6.78. The predicted molar refractivity (Wildman–Crippen MR) is 90.5 cm³/mol. The fourth-order valence-corrected chi connectivity index (χ4v) is 3.08. The van der Waals surface area contributed by atoms with Crippen LogP contribution in [0.15, 0.2) is 41.5 Å². The normalized spacial score (nSPS) is 19.1. The van der Waals surface area contributed by atoms with Gasteiger partial charge >= 0.3 is 0 Å². The number of hydrogen-bond donors (Lipinski definition) is 0. The monoisotopic (exact) mass is 293 g/mol. The molecule has 1 aromatic carbocycles. The van der Waals surface area contributed by atoms with E-state index in [1.54, 1.807) is 11.1 Å². The summed E-state index contributed by atoms with van der Waals surface area (Å²) in [5.41, 5.74) is 5.13. The van der Waals surface area contributed by atoms with Gasteiger partial charge in [-0.2, -0.15) is 0 Å². The first-order valence-electron chi connectivity index (χ1n) is 7.32. The molecular weight excluding hydrogens is 266 g/mol. The molecule has 0 bridgehead atoms. The van der Waals surface area contributed by atoms with E-state index in [9.17, 15) is 0 Å². The van der Waals surface area contributed by atoms with Gasteiger partial charge in [-0.3, -0.25) is 0 Å². The van der Waals surface area contributed by atoms with E-state index in [1.165, 1.54) is 24.8 Å². The standard InChI is InChI=1S/C18H27N.ClH/c1-14-16(11-12-18(14,2)3)13-17(19(4)5)15-9-7-6-8-10-15;/h6-10,17H,11-13H2,1-5H3;1H. The molecule has 0 N–H and O–H groups in total. The molecule has 1 unspecified atom stereocenters. The minimum Gasteiger partial charge on any atom is -0.302 e. The van der Waals surface area contributed by atoms with Crippen LogP contribution in [0.5, 0.6) is 0 Å². The lowest BCUT2D eigenvalue weighted by molar-refractivity contribution is 0.295. The number of nitrogens with zero attached hydrogens (tertiary/aromatic N) is 1. The van der Waals surface area contributed by atoms with Crippen LogP contribution in [0.3, 0.4) is 0 Å². The van der Waals surface area contributed by atoms with Crippen LogP contribution in [0.2, 0.25) is 0 Å². The molecule has 0 aromatic heterocycles. The van der Waals surface area contributed by atoms with Crippen molar-refractivity contribution in [1.29, 1.82) is 0 Å². The van der Waals surface area contributed by atoms with Gasteiger partial charge in [0.05, 0.1) is 0 Å². The summed E-state index contributed by atoms with van der Waals surface area (Å²) in [7, 11) is 4.38. The fraction of sp³-hybridized carbons (Fsp3) is 0.556. The van der Waals surface area contributed by atoms with Crippen molar-refractivity contribution in [3.63, 3.8) is 0 Å². The molecule has 2 heteroatoms. The Bertz CT molecular complexity index is 460. The van der Waals surface area contributed by atoms with Crippen molar-refractivity contribution in [2.45, 2.75) is 46.1 Å². The van der Waals surface area contributed by atoms with Crippen LogP contribution in [0.4, 0.5) is 0 Å². The summed E-state index contributed by atoms with van der Waals surface area (Å²) in [6, 6.07) is 11.4. The van der Waals surface area contributed by atoms with E-state index >= 15 is 0 Å². The predicted octanol–water partition coefficient (Wildman–Crippen LogP) is 5.24. The van der Waals surface area contributed by atoms with Crippen molar-refractivity contribution >= 4 is 12.4 Å². The highest BCUT2D eigenvalue weighted by Gasteiger charge is 2.30. The van der Waals surface area contributed by atoms with Gasteiger partial charge in [0, 0.05) is 6.04 Å². The molecule has 0 saturated heterocycles. The minimum atomic E-state index is 0. The van der Waals surface area contributed by atoms with Gasteiger partial charge in [0.15, 0.2) is 0 Å². The first-order valence-corrected chi connectivity index (χ1v) is 7.32. The van der Waals surface area contributed by atoms with Crippen molar-refractivity contribution in [3.8, 4) is 0 Å². The SMILES string of the molecule is CC1=C(CC(c2ccccc2)N(C)C)CCC1(C)C.Cl. The molecule has 0 heterocycles. The lowest BCUT2D eigenvalue weighted by Crippen LogP contribution is -2.20. The maximum atomic E-state index is 2.38. The lowest BCUT2D eigenvalue weighted by Gasteiger charge is -2.26. The van der Waals surface area contributed by atoms with Crippen LogP contribution in [0, 0.1) is 5.41 Å². The molecule has 0 saturated carbocycles. The molecule has 1 nitrogen and oxygen atoms in total. The molecule has 0 fully saturated rings. The van der Waals surface area contributed by atoms with Crippen molar-refractivity contribution < 1.29 is 0 Å². The summed E-state index contributed by atoms with van der Waals surface area (Å²) in [6.45, 7) is 7.09. The van der Waals surface area contributed by atoms with E-state index < -0.39 is 0 Å². The average molecular weight is 294 g/mol. The Balaban J connectivity index is 0.00000200. The van der Waals surface area contributed by atoms with Gasteiger partial charge in [0.1, 0.15) is 0 Å². The largest absolute Gasteiger partial charge is 0.302 e. The smallest absolute Gasteiger partial charge is 0.0379 e. The quantitative estimate of drug-likeness (QED) is 0.686. The molecule has 1 atom stereocenters. The second-order valence-corrected chi connectivity index (χ2v) is 6.71. The van der Waals surface area contributed by atoms with Crippen molar-refractivity contribution in [1.82, 2.24) is 4.90 Å². The first-order chi connectivity index (χ1) is 8.92. The number of rotatable bonds is 4. The Morgan fingerprint density at radius 3 is 2.20 bits per heavy atom. The summed E-state index contributed by atoms with van der Waals surface area (Å²) in [5, 5.41) is 0. The molecule has 2 rings (SSSR count). The Morgan fingerprint density at radius 1 is 1.15 bits per heavy atom. The van der Waals surface area contributed by atoms with Crippen LogP contribution >= 0.6 is 12.4 Å². The zero-order valence-corrected chi connectivity index (χ0v) is 14.3. The van der Waals surface area contributed by atoms with E-state index in [0.29, 0.717) is 11.5 Å². The highest BCUT2D eigenvalue weighted by Crippen LogP contribution is 2.45. The van der Waals surface area contributed by atoms with E-state index in [1.807, 2.05) is 0 Å². The minimum absolute atomic E-state index is 0. The number of allylic oxidation sites excluding steroid dienone is 1. The van der Waals surface area contributed by atoms with Crippen LogP contribution in [-0.4, -0.2) is 19.0 Å². The third-order valence-electron chi connectivity index (χ3n) is 4.84. The molecule has 1 aliphatic rings. The summed E-state index contributed by atoms with van der Waals surface area (Å²) in [6.07, 6.45) is 3.76. The van der Waals surface area contributed by atoms with Crippen LogP contribution in [0.25, 0.3) is 0 Å². The zero-order valence-electron chi connectivity index (χ0n) is 13.4. The van der Waals surface area contributed by atoms with E-state index in [0.717, 1.165) is 0 Å². The maximum absolute atomic E-state index is 2.38. The third-order valence-corrected chi connectivity index (χ3v) is 4.84. The summed E-state index contributed by atoms with van der Waals surface area (Å²) >= 11 is 0. The van der Waals surface area contributed by atoms with Crippen molar-refractivity contribution in [2.24, 2.45) is 5.41 Å². The molecule has 1 aromatic rings. The Hall–Kier alpha value is -0.790. The van der Waals surface area contributed by atoms with Gasteiger partial charge in [0.25, 0.3) is 0 Å². The highest BCUT2D eigenvalue weighted by molar-refractivity contribution is 5.85. The van der Waals surface area contributed by atoms with Gasteiger partial charge in [0.2, 0.25) is 0 Å². The first kappa shape index (κ1) is 17.3. The molecule has 0 aliphatic heterocycles. The Morgan fingerprint density at radius 2 is 1.75 bits per heavy atom. The van der Waals surface area contributed by atoms with Gasteiger partial charge < -0.3 is 4.90 Å². The molecule has 20 heavy (non-hydrogen) atoms. The molecule has 112 valence electrons. The Kier molecular flexibility index (Phi) is 5.85. The van der Waals surface area contributed by atoms with Gasteiger partial charge in [-0.1, -0.05) is 55.3 Å². The molecule has 0 radical (unpaired) electrons. The van der Waals surface area contributed by atoms with E-state index in [-0.39, 0.29) is 12.4 Å². The van der Waals surface area contributed by atoms with E-state index in [4.69, 9.17) is 0 Å². The fourth-order valence-electron chi connectivity index (χ4n) is 3.08. The lowest BCUT2D eigenvalue weighted by atomic mass is 9.86. The van der Waals surface area contributed by atoms with E-state index in [2.05, 4.69) is 70.1 Å². The molecule has 0 spiro atoms. The zero-order chi connectivity index (χ0) is 14.0. The van der Waals surface area contributed by atoms with Crippen LogP contribution < -0.4 is 0 Å². The summed E-state index contributed by atoms with van der Waals surface area (Å²) in [5.74, 6) is 0. The Labute approximate surface area is 130 Å². The molecule has 0 amide bonds. The molecule has 1 aliphatic carbocycles. The number of hydrogen-bond acceptors (Lipinski definition) is 1. The van der Waals surface area contributed by atoms with Gasteiger partial charge in [-0.25, -0.2) is 0 Å². The maximum Gasteiger partial charge on any atom is 0.0379 e. The summed E-state index contributed by atoms with van der Waals surface area (Å²) < 4.78 is 0.